The van der Waals surface area contributed by atoms with Crippen molar-refractivity contribution < 1.29 is 5.11 Å². The van der Waals surface area contributed by atoms with Gasteiger partial charge >= 0.3 is 0 Å². The molecule has 104 valence electrons. The van der Waals surface area contributed by atoms with Gasteiger partial charge in [-0.1, -0.05) is 0 Å². The third kappa shape index (κ3) is 1.67. The van der Waals surface area contributed by atoms with E-state index in [-0.39, 0.29) is 17.5 Å². The number of aliphatic hydroxyl groups excluding tert-OH is 1. The summed E-state index contributed by atoms with van der Waals surface area (Å²) in [6.45, 7) is 1.73. The number of nitrogens with two attached hydrogens (primary N) is 1. The maximum atomic E-state index is 11.7. The Morgan fingerprint density at radius 1 is 1.70 bits per heavy atom. The van der Waals surface area contributed by atoms with Gasteiger partial charge in [0.1, 0.15) is 0 Å². The van der Waals surface area contributed by atoms with Crippen molar-refractivity contribution in [3.05, 3.63) is 16.7 Å². The van der Waals surface area contributed by atoms with Crippen LogP contribution in [0.5, 0.6) is 0 Å². The van der Waals surface area contributed by atoms with Gasteiger partial charge in [-0.2, -0.15) is 10.2 Å². The van der Waals surface area contributed by atoms with Crippen molar-refractivity contribution in [2.75, 3.05) is 5.73 Å². The number of nitrogens with one attached hydrogen (secondary N) is 1. The lowest BCUT2D eigenvalue weighted by molar-refractivity contribution is 0.103. The van der Waals surface area contributed by atoms with Crippen molar-refractivity contribution in [3.8, 4) is 6.07 Å². The third-order valence-electron chi connectivity index (χ3n) is 3.99. The zero-order valence-corrected chi connectivity index (χ0v) is 10.9. The Bertz CT molecular complexity index is 772. The summed E-state index contributed by atoms with van der Waals surface area (Å²) in [6.07, 6.45) is 1.69. The zero-order chi connectivity index (χ0) is 14.5. The van der Waals surface area contributed by atoms with Crippen LogP contribution in [0.4, 0.5) is 5.95 Å². The van der Waals surface area contributed by atoms with Crippen LogP contribution in [0, 0.1) is 16.7 Å². The van der Waals surface area contributed by atoms with E-state index >= 15 is 0 Å². The molecule has 0 bridgehead atoms. The summed E-state index contributed by atoms with van der Waals surface area (Å²) >= 11 is 0. The summed E-state index contributed by atoms with van der Waals surface area (Å²) in [4.78, 5) is 22.2. The Morgan fingerprint density at radius 3 is 3.10 bits per heavy atom. The fourth-order valence-corrected chi connectivity index (χ4v) is 2.77. The van der Waals surface area contributed by atoms with E-state index in [0.29, 0.717) is 18.5 Å². The average Bonchev–Trinajstić information content (AvgIpc) is 2.92. The van der Waals surface area contributed by atoms with Gasteiger partial charge in [-0.05, 0) is 19.8 Å². The van der Waals surface area contributed by atoms with E-state index in [4.69, 9.17) is 5.73 Å². The Balaban J connectivity index is 2.09. The number of rotatable bonds is 1. The zero-order valence-electron chi connectivity index (χ0n) is 10.9. The quantitative estimate of drug-likeness (QED) is 0.666. The molecule has 3 atom stereocenters. The number of hydrogen-bond acceptors (Lipinski definition) is 6. The number of aliphatic hydroxyl groups is 1. The van der Waals surface area contributed by atoms with E-state index in [9.17, 15) is 15.2 Å². The number of nitrogens with zero attached hydrogens (tertiary/aromatic N) is 4. The first-order valence-electron chi connectivity index (χ1n) is 6.26. The summed E-state index contributed by atoms with van der Waals surface area (Å²) in [5, 5.41) is 19.2. The molecule has 1 saturated carbocycles. The van der Waals surface area contributed by atoms with Gasteiger partial charge in [-0.3, -0.25) is 9.78 Å². The Morgan fingerprint density at radius 2 is 2.45 bits per heavy atom. The van der Waals surface area contributed by atoms with E-state index in [1.54, 1.807) is 11.5 Å². The van der Waals surface area contributed by atoms with Crippen LogP contribution in [0.2, 0.25) is 0 Å². The Hall–Kier alpha value is -2.40. The van der Waals surface area contributed by atoms with Crippen LogP contribution < -0.4 is 11.3 Å². The highest BCUT2D eigenvalue weighted by molar-refractivity contribution is 5.70. The maximum absolute atomic E-state index is 11.7. The maximum Gasteiger partial charge on any atom is 0.280 e. The van der Waals surface area contributed by atoms with Gasteiger partial charge in [-0.25, -0.2) is 4.98 Å². The lowest BCUT2D eigenvalue weighted by atomic mass is 9.88. The molecule has 8 heteroatoms. The topological polar surface area (TPSA) is 134 Å². The molecule has 0 amide bonds. The first kappa shape index (κ1) is 12.6. The number of anilines is 1. The van der Waals surface area contributed by atoms with E-state index in [0.717, 1.165) is 0 Å². The summed E-state index contributed by atoms with van der Waals surface area (Å²) in [7, 11) is 0. The second-order valence-electron chi connectivity index (χ2n) is 5.41. The lowest BCUT2D eigenvalue weighted by Crippen LogP contribution is -2.23. The predicted molar refractivity (Wildman–Crippen MR) is 70.6 cm³/mol. The summed E-state index contributed by atoms with van der Waals surface area (Å²) in [5.74, 6) is 0.0193. The van der Waals surface area contributed by atoms with E-state index in [1.807, 2.05) is 0 Å². The van der Waals surface area contributed by atoms with Crippen molar-refractivity contribution in [2.45, 2.75) is 31.9 Å². The normalized spacial score (nSPS) is 29.6. The molecule has 1 aliphatic carbocycles. The first-order chi connectivity index (χ1) is 9.44. The number of aromatic amines is 1. The number of nitriles is 1. The fraction of sp³-hybridized carbons (Fsp3) is 0.500. The van der Waals surface area contributed by atoms with Crippen LogP contribution in [-0.4, -0.2) is 30.7 Å². The van der Waals surface area contributed by atoms with Gasteiger partial charge in [0.05, 0.1) is 23.9 Å². The van der Waals surface area contributed by atoms with Crippen LogP contribution in [0.1, 0.15) is 25.8 Å². The molecule has 1 fully saturated rings. The van der Waals surface area contributed by atoms with E-state index in [1.165, 1.54) is 6.33 Å². The summed E-state index contributed by atoms with van der Waals surface area (Å²) < 4.78 is 1.72. The molecule has 0 radical (unpaired) electrons. The Kier molecular flexibility index (Phi) is 2.55. The molecule has 2 aromatic heterocycles. The molecule has 2 aromatic rings. The second-order valence-corrected chi connectivity index (χ2v) is 5.41. The molecule has 3 rings (SSSR count). The molecule has 1 aliphatic rings. The van der Waals surface area contributed by atoms with Crippen molar-refractivity contribution >= 4 is 17.1 Å². The van der Waals surface area contributed by atoms with Crippen LogP contribution >= 0.6 is 0 Å². The number of aromatic nitrogens is 4. The minimum Gasteiger partial charge on any atom is -0.391 e. The standard InChI is InChI=1S/C12H14N6O2/c1-12(4-13)3-6(2-7(12)19)18-5-15-8-9(18)16-11(14)17-10(8)20/h5-7,19H,2-3H2,1H3,(H3,14,16,17,20)/t6-,7-,12-/m1/s1. The highest BCUT2D eigenvalue weighted by atomic mass is 16.3. The van der Waals surface area contributed by atoms with Crippen LogP contribution in [0.15, 0.2) is 11.1 Å². The van der Waals surface area contributed by atoms with Crippen LogP contribution in [0.3, 0.4) is 0 Å². The molecule has 0 aliphatic heterocycles. The fourth-order valence-electron chi connectivity index (χ4n) is 2.77. The summed E-state index contributed by atoms with van der Waals surface area (Å²) in [5.41, 5.74) is 4.94. The molecule has 8 nitrogen and oxygen atoms in total. The van der Waals surface area contributed by atoms with Gasteiger partial charge in [0, 0.05) is 6.04 Å². The number of H-pyrrole nitrogens is 1. The number of fused-ring (bicyclic) bond motifs is 1. The Labute approximate surface area is 113 Å². The molecule has 0 unspecified atom stereocenters. The van der Waals surface area contributed by atoms with Gasteiger partial charge in [0.15, 0.2) is 11.2 Å². The van der Waals surface area contributed by atoms with Gasteiger partial charge in [0.25, 0.3) is 5.56 Å². The van der Waals surface area contributed by atoms with Crippen molar-refractivity contribution in [2.24, 2.45) is 5.41 Å². The van der Waals surface area contributed by atoms with Crippen molar-refractivity contribution in [3.63, 3.8) is 0 Å². The predicted octanol–water partition coefficient (Wildman–Crippen LogP) is -0.0725. The molecule has 0 spiro atoms. The summed E-state index contributed by atoms with van der Waals surface area (Å²) in [6, 6.07) is 2.02. The lowest BCUT2D eigenvalue weighted by Gasteiger charge is -2.17. The first-order valence-corrected chi connectivity index (χ1v) is 6.26. The molecular weight excluding hydrogens is 260 g/mol. The minimum absolute atomic E-state index is 0.0193. The molecule has 2 heterocycles. The van der Waals surface area contributed by atoms with E-state index < -0.39 is 17.1 Å². The average molecular weight is 274 g/mol. The molecule has 20 heavy (non-hydrogen) atoms. The van der Waals surface area contributed by atoms with Crippen molar-refractivity contribution in [1.82, 2.24) is 19.5 Å². The molecule has 0 aromatic carbocycles. The highest BCUT2D eigenvalue weighted by Crippen LogP contribution is 2.44. The number of hydrogen-bond donors (Lipinski definition) is 3. The molecule has 4 N–H and O–H groups in total. The second kappa shape index (κ2) is 4.05. The number of imidazole rings is 1. The largest absolute Gasteiger partial charge is 0.391 e. The van der Waals surface area contributed by atoms with Gasteiger partial charge in [0.2, 0.25) is 5.95 Å². The smallest absolute Gasteiger partial charge is 0.280 e. The van der Waals surface area contributed by atoms with Crippen molar-refractivity contribution in [1.29, 1.82) is 5.26 Å². The third-order valence-corrected chi connectivity index (χ3v) is 3.99. The van der Waals surface area contributed by atoms with Crippen LogP contribution in [0.25, 0.3) is 11.2 Å². The molecule has 0 saturated heterocycles. The van der Waals surface area contributed by atoms with E-state index in [2.05, 4.69) is 21.0 Å². The SMILES string of the molecule is C[C@]1(C#N)C[C@H](n2cnc3c(=O)[nH]c(N)nc32)C[C@H]1O. The van der Waals surface area contributed by atoms with Gasteiger partial charge in [-0.15, -0.1) is 0 Å². The van der Waals surface area contributed by atoms with Crippen LogP contribution in [-0.2, 0) is 0 Å². The number of nitrogen functional groups attached to an aromatic ring is 1. The van der Waals surface area contributed by atoms with Gasteiger partial charge < -0.3 is 15.4 Å². The molecular formula is C12H14N6O2. The monoisotopic (exact) mass is 274 g/mol. The highest BCUT2D eigenvalue weighted by Gasteiger charge is 2.44. The minimum atomic E-state index is -0.798.